The molecule has 1 N–H and O–H groups in total. The van der Waals surface area contributed by atoms with E-state index in [0.717, 1.165) is 4.68 Å². The first-order valence-corrected chi connectivity index (χ1v) is 7.86. The summed E-state index contributed by atoms with van der Waals surface area (Å²) in [5.74, 6) is -0.198. The van der Waals surface area contributed by atoms with Gasteiger partial charge >= 0.3 is 0 Å². The van der Waals surface area contributed by atoms with Crippen molar-refractivity contribution < 1.29 is 23.7 Å². The van der Waals surface area contributed by atoms with Crippen LogP contribution >= 0.6 is 0 Å². The van der Waals surface area contributed by atoms with Gasteiger partial charge in [-0.05, 0) is 16.8 Å². The molecule has 1 aliphatic carbocycles. The zero-order chi connectivity index (χ0) is 18.1. The molecule has 0 amide bonds. The van der Waals surface area contributed by atoms with Gasteiger partial charge < -0.3 is 9.47 Å². The number of para-hydroxylation sites is 1. The lowest BCUT2D eigenvalue weighted by Gasteiger charge is -2.12. The Kier molecular flexibility index (Phi) is 3.94. The lowest BCUT2D eigenvalue weighted by Crippen LogP contribution is -2.33. The molecular formula is C18H14N3O5+. The van der Waals surface area contributed by atoms with Gasteiger partial charge in [0.1, 0.15) is 5.75 Å². The van der Waals surface area contributed by atoms with E-state index in [1.54, 1.807) is 36.4 Å². The van der Waals surface area contributed by atoms with Crippen LogP contribution in [-0.2, 0) is 11.5 Å². The van der Waals surface area contributed by atoms with E-state index in [1.165, 1.54) is 0 Å². The Balaban J connectivity index is 1.56. The van der Waals surface area contributed by atoms with Gasteiger partial charge in [-0.1, -0.05) is 47.6 Å². The van der Waals surface area contributed by atoms with Gasteiger partial charge in [0.2, 0.25) is 11.6 Å². The summed E-state index contributed by atoms with van der Waals surface area (Å²) < 4.78 is 12.1. The van der Waals surface area contributed by atoms with Gasteiger partial charge in [-0.2, -0.15) is 0 Å². The Morgan fingerprint density at radius 3 is 2.31 bits per heavy atom. The van der Waals surface area contributed by atoms with Crippen molar-refractivity contribution >= 4 is 11.6 Å². The molecule has 0 saturated carbocycles. The van der Waals surface area contributed by atoms with Gasteiger partial charge in [-0.25, -0.2) is 0 Å². The second-order valence-electron chi connectivity index (χ2n) is 5.62. The third-order valence-corrected chi connectivity index (χ3v) is 4.05. The minimum absolute atomic E-state index is 0.0246. The standard InChI is InChI=1S/C18H13N3O5/c22-17-13-8-4-5-9-14(13)18(23)16-15(17)19-21(24)20(16)10-25-11-26-12-6-2-1-3-7-12/h1-9H,10-11H2/p+1. The fourth-order valence-electron chi connectivity index (χ4n) is 2.83. The van der Waals surface area contributed by atoms with Crippen LogP contribution in [0.5, 0.6) is 5.75 Å². The van der Waals surface area contributed by atoms with Crippen LogP contribution in [-0.4, -0.2) is 28.1 Å². The minimum atomic E-state index is -0.409. The van der Waals surface area contributed by atoms with Crippen molar-refractivity contribution in [2.24, 2.45) is 0 Å². The molecule has 0 spiro atoms. The summed E-state index contributed by atoms with van der Waals surface area (Å²) in [6.07, 6.45) is 0. The first kappa shape index (κ1) is 16.0. The lowest BCUT2D eigenvalue weighted by atomic mass is 9.90. The molecule has 4 rings (SSSR count). The van der Waals surface area contributed by atoms with Gasteiger partial charge in [-0.3, -0.25) is 9.59 Å². The van der Waals surface area contributed by atoms with Crippen LogP contribution in [0.1, 0.15) is 32.1 Å². The molecule has 8 nitrogen and oxygen atoms in total. The molecule has 2 aromatic carbocycles. The first-order chi connectivity index (χ1) is 12.7. The molecule has 3 aromatic rings. The topological polar surface area (TPSA) is 96.3 Å². The number of rotatable bonds is 5. The minimum Gasteiger partial charge on any atom is -0.467 e. The number of hydrogen-bond donors (Lipinski definition) is 1. The van der Waals surface area contributed by atoms with Crippen LogP contribution in [0.15, 0.2) is 54.6 Å². The zero-order valence-electron chi connectivity index (χ0n) is 13.5. The number of carbonyl (C=O) groups is 2. The maximum absolute atomic E-state index is 12.7. The number of carbonyl (C=O) groups excluding carboxylic acids is 2. The Morgan fingerprint density at radius 1 is 0.923 bits per heavy atom. The summed E-state index contributed by atoms with van der Waals surface area (Å²) in [4.78, 5) is 37.3. The average molecular weight is 352 g/mol. The highest BCUT2D eigenvalue weighted by atomic mass is 16.7. The van der Waals surface area contributed by atoms with E-state index in [-0.39, 0.29) is 36.0 Å². The lowest BCUT2D eigenvalue weighted by molar-refractivity contribution is -0.658. The normalized spacial score (nSPS) is 12.6. The van der Waals surface area contributed by atoms with Crippen molar-refractivity contribution in [3.63, 3.8) is 0 Å². The van der Waals surface area contributed by atoms with Crippen LogP contribution in [0.25, 0.3) is 0 Å². The molecule has 0 unspecified atom stereocenters. The van der Waals surface area contributed by atoms with Gasteiger partial charge in [0.15, 0.2) is 24.9 Å². The molecular weight excluding hydrogens is 338 g/mol. The number of ketones is 2. The van der Waals surface area contributed by atoms with Crippen molar-refractivity contribution in [3.05, 3.63) is 82.0 Å². The molecule has 0 radical (unpaired) electrons. The third kappa shape index (κ3) is 2.62. The number of fused-ring (bicyclic) bond motifs is 2. The van der Waals surface area contributed by atoms with Crippen LogP contribution in [0.3, 0.4) is 0 Å². The van der Waals surface area contributed by atoms with E-state index in [1.807, 2.05) is 18.2 Å². The van der Waals surface area contributed by atoms with Crippen LogP contribution in [0.2, 0.25) is 0 Å². The van der Waals surface area contributed by atoms with E-state index < -0.39 is 11.6 Å². The van der Waals surface area contributed by atoms with Crippen LogP contribution < -0.4 is 9.39 Å². The highest BCUT2D eigenvalue weighted by Crippen LogP contribution is 2.25. The number of aromatic nitrogens is 3. The molecule has 0 fully saturated rings. The molecule has 0 aliphatic heterocycles. The van der Waals surface area contributed by atoms with Gasteiger partial charge in [-0.15, -0.1) is 0 Å². The Labute approximate surface area is 147 Å². The molecule has 130 valence electrons. The number of hydrogen-bond acceptors (Lipinski definition) is 5. The smallest absolute Gasteiger partial charge is 0.260 e. The fraction of sp³-hybridized carbons (Fsp3) is 0.111. The van der Waals surface area contributed by atoms with E-state index in [9.17, 15) is 14.5 Å². The first-order valence-electron chi connectivity index (χ1n) is 7.86. The number of H-pyrrole nitrogens is 1. The molecule has 1 aromatic heterocycles. The Morgan fingerprint density at radius 2 is 1.58 bits per heavy atom. The van der Waals surface area contributed by atoms with E-state index in [4.69, 9.17) is 9.47 Å². The number of nitrogens with zero attached hydrogens (tertiary/aromatic N) is 2. The number of ether oxygens (including phenoxy) is 2. The Bertz CT molecular complexity index is 1050. The largest absolute Gasteiger partial charge is 0.467 e. The molecule has 0 saturated heterocycles. The Hall–Kier alpha value is -3.52. The molecule has 1 heterocycles. The highest BCUT2D eigenvalue weighted by Gasteiger charge is 2.38. The highest BCUT2D eigenvalue weighted by molar-refractivity contribution is 6.26. The van der Waals surface area contributed by atoms with Gasteiger partial charge in [0, 0.05) is 11.1 Å². The summed E-state index contributed by atoms with van der Waals surface area (Å²) in [7, 11) is 0. The monoisotopic (exact) mass is 352 g/mol. The maximum atomic E-state index is 12.7. The number of benzene rings is 2. The van der Waals surface area contributed by atoms with E-state index in [0.29, 0.717) is 10.4 Å². The second-order valence-corrected chi connectivity index (χ2v) is 5.62. The maximum Gasteiger partial charge on any atom is 0.260 e. The molecule has 0 atom stereocenters. The summed E-state index contributed by atoms with van der Waals surface area (Å²) in [6.45, 7) is -0.362. The van der Waals surface area contributed by atoms with Crippen LogP contribution in [0.4, 0.5) is 0 Å². The van der Waals surface area contributed by atoms with Gasteiger partial charge in [0.05, 0.1) is 4.91 Å². The van der Waals surface area contributed by atoms with Crippen LogP contribution in [0, 0.1) is 4.91 Å². The summed E-state index contributed by atoms with van der Waals surface area (Å²) >= 11 is 0. The molecule has 0 bridgehead atoms. The predicted molar refractivity (Wildman–Crippen MR) is 88.5 cm³/mol. The molecule has 1 aliphatic rings. The third-order valence-electron chi connectivity index (χ3n) is 4.05. The average Bonchev–Trinajstić information content (AvgIpc) is 3.01. The predicted octanol–water partition coefficient (Wildman–Crippen LogP) is 1.52. The number of nitrogens with one attached hydrogen (secondary N) is 1. The SMILES string of the molecule is O=C1c2ccccc2C(=O)c2c1[nH][n+](=O)n2COCOc1ccccc1. The summed E-state index contributed by atoms with van der Waals surface area (Å²) in [5.41, 5.74) is 0.464. The summed E-state index contributed by atoms with van der Waals surface area (Å²) in [5, 5.41) is 2.38. The van der Waals surface area contributed by atoms with Crippen molar-refractivity contribution in [3.8, 4) is 5.75 Å². The van der Waals surface area contributed by atoms with E-state index in [2.05, 4.69) is 5.10 Å². The zero-order valence-corrected chi connectivity index (χ0v) is 13.5. The summed E-state index contributed by atoms with van der Waals surface area (Å²) in [6, 6.07) is 15.5. The van der Waals surface area contributed by atoms with E-state index >= 15 is 0 Å². The second kappa shape index (κ2) is 6.41. The van der Waals surface area contributed by atoms with Crippen molar-refractivity contribution in [1.82, 2.24) is 9.78 Å². The number of aromatic amines is 1. The van der Waals surface area contributed by atoms with Gasteiger partial charge in [0.25, 0.3) is 4.66 Å². The fourth-order valence-corrected chi connectivity index (χ4v) is 2.83. The van der Waals surface area contributed by atoms with Crippen molar-refractivity contribution in [1.29, 1.82) is 0 Å². The molecule has 26 heavy (non-hydrogen) atoms. The van der Waals surface area contributed by atoms with Crippen molar-refractivity contribution in [2.45, 2.75) is 6.73 Å². The molecule has 8 heteroatoms. The quantitative estimate of drug-likeness (QED) is 0.334. The van der Waals surface area contributed by atoms with Crippen molar-refractivity contribution in [2.75, 3.05) is 6.79 Å².